The molecule has 130 valence electrons. The molecular weight excluding hydrogens is 320 g/mol. The van der Waals surface area contributed by atoms with Crippen molar-refractivity contribution < 1.29 is 9.21 Å². The Balaban J connectivity index is 1.67. The van der Waals surface area contributed by atoms with Gasteiger partial charge in [0.1, 0.15) is 17.9 Å². The number of rotatable bonds is 5. The molecule has 1 aliphatic carbocycles. The first-order chi connectivity index (χ1) is 12.0. The maximum Gasteiger partial charge on any atom is 0.255 e. The van der Waals surface area contributed by atoms with Gasteiger partial charge >= 0.3 is 0 Å². The summed E-state index contributed by atoms with van der Waals surface area (Å²) < 4.78 is 7.41. The highest BCUT2D eigenvalue weighted by Crippen LogP contribution is 2.40. The van der Waals surface area contributed by atoms with E-state index >= 15 is 0 Å². The molecule has 0 spiro atoms. The molecule has 0 saturated heterocycles. The molecule has 8 nitrogen and oxygen atoms in total. The van der Waals surface area contributed by atoms with Crippen LogP contribution in [0.15, 0.2) is 23.0 Å². The van der Waals surface area contributed by atoms with Gasteiger partial charge in [-0.25, -0.2) is 9.97 Å². The van der Waals surface area contributed by atoms with Crippen molar-refractivity contribution in [2.45, 2.75) is 38.8 Å². The minimum Gasteiger partial charge on any atom is -0.442 e. The largest absolute Gasteiger partial charge is 0.442 e. The van der Waals surface area contributed by atoms with Gasteiger partial charge in [0.05, 0.1) is 23.2 Å². The SMILES string of the molecule is Cc1oc2ncnc(NC3(C)CC3)c2c1C(=O)NCc1ccnn1C. The molecule has 0 radical (unpaired) electrons. The zero-order chi connectivity index (χ0) is 17.6. The lowest BCUT2D eigenvalue weighted by atomic mass is 10.1. The summed E-state index contributed by atoms with van der Waals surface area (Å²) in [6.45, 7) is 4.29. The van der Waals surface area contributed by atoms with Crippen LogP contribution in [0.4, 0.5) is 5.82 Å². The summed E-state index contributed by atoms with van der Waals surface area (Å²) in [5, 5.41) is 11.1. The molecule has 0 aliphatic heterocycles. The third-order valence-corrected chi connectivity index (χ3v) is 4.66. The fourth-order valence-corrected chi connectivity index (χ4v) is 2.84. The van der Waals surface area contributed by atoms with Crippen molar-refractivity contribution in [3.63, 3.8) is 0 Å². The van der Waals surface area contributed by atoms with Crippen molar-refractivity contribution in [3.05, 3.63) is 35.6 Å². The molecule has 2 N–H and O–H groups in total. The van der Waals surface area contributed by atoms with E-state index in [1.54, 1.807) is 17.8 Å². The molecule has 0 aromatic carbocycles. The van der Waals surface area contributed by atoms with Gasteiger partial charge in [-0.3, -0.25) is 9.48 Å². The van der Waals surface area contributed by atoms with Gasteiger partial charge in [-0.05, 0) is 32.8 Å². The highest BCUT2D eigenvalue weighted by molar-refractivity contribution is 6.10. The Morgan fingerprint density at radius 1 is 1.40 bits per heavy atom. The Bertz CT molecular complexity index is 953. The van der Waals surface area contributed by atoms with Gasteiger partial charge in [0, 0.05) is 18.8 Å². The predicted molar refractivity (Wildman–Crippen MR) is 92.2 cm³/mol. The molecule has 1 aliphatic rings. The quantitative estimate of drug-likeness (QED) is 0.738. The molecule has 25 heavy (non-hydrogen) atoms. The lowest BCUT2D eigenvalue weighted by molar-refractivity contribution is 0.0950. The van der Waals surface area contributed by atoms with Gasteiger partial charge in [0.25, 0.3) is 5.91 Å². The van der Waals surface area contributed by atoms with Crippen molar-refractivity contribution in [2.24, 2.45) is 7.05 Å². The van der Waals surface area contributed by atoms with Crippen LogP contribution < -0.4 is 10.6 Å². The number of aromatic nitrogens is 4. The van der Waals surface area contributed by atoms with Gasteiger partial charge in [0.15, 0.2) is 0 Å². The van der Waals surface area contributed by atoms with E-state index in [9.17, 15) is 4.79 Å². The standard InChI is InChI=1S/C17H20N6O2/c1-10-12(15(24)18-8-11-4-7-21-23(11)3)13-14(22-17(2)5-6-17)19-9-20-16(13)25-10/h4,7,9H,5-6,8H2,1-3H3,(H,18,24)(H,19,20,22). The van der Waals surface area contributed by atoms with Crippen molar-refractivity contribution in [1.29, 1.82) is 0 Å². The molecule has 3 aromatic rings. The number of furan rings is 1. The number of carbonyl (C=O) groups is 1. The first kappa shape index (κ1) is 15.6. The number of hydrogen-bond donors (Lipinski definition) is 2. The smallest absolute Gasteiger partial charge is 0.255 e. The molecule has 1 amide bonds. The minimum atomic E-state index is -0.212. The molecular formula is C17H20N6O2. The summed E-state index contributed by atoms with van der Waals surface area (Å²) in [5.74, 6) is 0.964. The maximum atomic E-state index is 12.8. The predicted octanol–water partition coefficient (Wildman–Crippen LogP) is 2.16. The van der Waals surface area contributed by atoms with E-state index in [-0.39, 0.29) is 11.4 Å². The molecule has 1 saturated carbocycles. The average molecular weight is 340 g/mol. The molecule has 3 heterocycles. The second-order valence-electron chi connectivity index (χ2n) is 6.75. The highest BCUT2D eigenvalue weighted by atomic mass is 16.3. The Hall–Kier alpha value is -2.90. The van der Waals surface area contributed by atoms with Crippen LogP contribution in [0.2, 0.25) is 0 Å². The van der Waals surface area contributed by atoms with Crippen molar-refractivity contribution in [2.75, 3.05) is 5.32 Å². The van der Waals surface area contributed by atoms with Crippen LogP contribution >= 0.6 is 0 Å². The van der Waals surface area contributed by atoms with Crippen LogP contribution in [0.5, 0.6) is 0 Å². The fraction of sp³-hybridized carbons (Fsp3) is 0.412. The van der Waals surface area contributed by atoms with Crippen molar-refractivity contribution >= 4 is 22.8 Å². The summed E-state index contributed by atoms with van der Waals surface area (Å²) in [5.41, 5.74) is 1.85. The molecule has 3 aromatic heterocycles. The van der Waals surface area contributed by atoms with Crippen LogP contribution in [-0.4, -0.2) is 31.2 Å². The van der Waals surface area contributed by atoms with Gasteiger partial charge in [0.2, 0.25) is 5.71 Å². The lowest BCUT2D eigenvalue weighted by Gasteiger charge is -2.13. The number of hydrogen-bond acceptors (Lipinski definition) is 6. The van der Waals surface area contributed by atoms with E-state index in [4.69, 9.17) is 4.42 Å². The van der Waals surface area contributed by atoms with Crippen LogP contribution in [0, 0.1) is 6.92 Å². The third-order valence-electron chi connectivity index (χ3n) is 4.66. The summed E-state index contributed by atoms with van der Waals surface area (Å²) >= 11 is 0. The number of carbonyl (C=O) groups excluding carboxylic acids is 1. The topological polar surface area (TPSA) is 97.9 Å². The number of anilines is 1. The number of nitrogens with one attached hydrogen (secondary N) is 2. The third kappa shape index (κ3) is 2.84. The molecule has 4 rings (SSSR count). The van der Waals surface area contributed by atoms with Gasteiger partial charge in [-0.15, -0.1) is 0 Å². The number of aryl methyl sites for hydroxylation is 2. The lowest BCUT2D eigenvalue weighted by Crippen LogP contribution is -2.25. The summed E-state index contributed by atoms with van der Waals surface area (Å²) in [6.07, 6.45) is 5.32. The fourth-order valence-electron chi connectivity index (χ4n) is 2.84. The maximum absolute atomic E-state index is 12.8. The Kier molecular flexibility index (Phi) is 3.48. The number of nitrogens with zero attached hydrogens (tertiary/aromatic N) is 4. The number of fused-ring (bicyclic) bond motifs is 1. The average Bonchev–Trinajstić information content (AvgIpc) is 3.00. The van der Waals surface area contributed by atoms with E-state index in [1.165, 1.54) is 6.33 Å². The second-order valence-corrected chi connectivity index (χ2v) is 6.75. The highest BCUT2D eigenvalue weighted by Gasteiger charge is 2.38. The van der Waals surface area contributed by atoms with E-state index in [1.807, 2.05) is 13.1 Å². The van der Waals surface area contributed by atoms with Crippen LogP contribution in [0.25, 0.3) is 11.1 Å². The molecule has 8 heteroatoms. The zero-order valence-electron chi connectivity index (χ0n) is 14.5. The van der Waals surface area contributed by atoms with Crippen molar-refractivity contribution in [1.82, 2.24) is 25.1 Å². The van der Waals surface area contributed by atoms with Gasteiger partial charge < -0.3 is 15.1 Å². The van der Waals surface area contributed by atoms with E-state index in [2.05, 4.69) is 32.6 Å². The Labute approximate surface area is 144 Å². The Morgan fingerprint density at radius 2 is 2.20 bits per heavy atom. The molecule has 1 fully saturated rings. The molecule has 0 atom stereocenters. The second kappa shape index (κ2) is 5.58. The van der Waals surface area contributed by atoms with Gasteiger partial charge in [-0.1, -0.05) is 0 Å². The van der Waals surface area contributed by atoms with Crippen LogP contribution in [0.3, 0.4) is 0 Å². The van der Waals surface area contributed by atoms with E-state index < -0.39 is 0 Å². The first-order valence-electron chi connectivity index (χ1n) is 8.24. The first-order valence-corrected chi connectivity index (χ1v) is 8.24. The normalized spacial score (nSPS) is 15.3. The number of amides is 1. The minimum absolute atomic E-state index is 0.0366. The molecule has 0 unspecified atom stereocenters. The summed E-state index contributed by atoms with van der Waals surface area (Å²) in [4.78, 5) is 21.3. The van der Waals surface area contributed by atoms with E-state index in [0.717, 1.165) is 18.5 Å². The zero-order valence-corrected chi connectivity index (χ0v) is 14.5. The molecule has 0 bridgehead atoms. The van der Waals surface area contributed by atoms with Crippen LogP contribution in [0.1, 0.15) is 41.6 Å². The van der Waals surface area contributed by atoms with Gasteiger partial charge in [-0.2, -0.15) is 5.10 Å². The summed E-state index contributed by atoms with van der Waals surface area (Å²) in [6, 6.07) is 1.87. The summed E-state index contributed by atoms with van der Waals surface area (Å²) in [7, 11) is 1.84. The Morgan fingerprint density at radius 3 is 2.88 bits per heavy atom. The van der Waals surface area contributed by atoms with E-state index in [0.29, 0.717) is 34.8 Å². The van der Waals surface area contributed by atoms with Crippen LogP contribution in [-0.2, 0) is 13.6 Å². The van der Waals surface area contributed by atoms with Crippen molar-refractivity contribution in [3.8, 4) is 0 Å². The monoisotopic (exact) mass is 340 g/mol.